The Balaban J connectivity index is 0.905. The van der Waals surface area contributed by atoms with Gasteiger partial charge in [-0.2, -0.15) is 23.5 Å². The molecule has 3 aromatic heterocycles. The molecule has 2 bridgehead atoms. The number of nitrogens with zero attached hydrogens (tertiary/aromatic N) is 10. The maximum atomic E-state index is 13.2. The summed E-state index contributed by atoms with van der Waals surface area (Å²) in [6.45, 7) is 8.36. The van der Waals surface area contributed by atoms with Crippen LogP contribution in [0.5, 0.6) is 5.75 Å². The lowest BCUT2D eigenvalue weighted by atomic mass is 9.86. The van der Waals surface area contributed by atoms with Crippen molar-refractivity contribution in [2.45, 2.75) is 37.6 Å². The Morgan fingerprint density at radius 2 is 1.82 bits per heavy atom. The predicted octanol–water partition coefficient (Wildman–Crippen LogP) is 2.60. The average molecular weight is 693 g/mol. The summed E-state index contributed by atoms with van der Waals surface area (Å²) in [6.07, 6.45) is 3.18. The number of carbonyl (C=O) groups excluding carboxylic acids is 1. The Morgan fingerprint density at radius 3 is 2.52 bits per heavy atom. The molecule has 0 aromatic carbocycles. The summed E-state index contributed by atoms with van der Waals surface area (Å²) in [4.78, 5) is 29.7. The van der Waals surface area contributed by atoms with E-state index in [4.69, 9.17) is 9.72 Å². The molecule has 0 aliphatic carbocycles. The number of alkyl halides is 3. The van der Waals surface area contributed by atoms with Crippen molar-refractivity contribution in [2.75, 3.05) is 97.1 Å². The van der Waals surface area contributed by atoms with Gasteiger partial charge in [0.25, 0.3) is 0 Å². The zero-order chi connectivity index (χ0) is 34.6. The largest absolute Gasteiger partial charge is 0.491 e. The molecular formula is C35H43F3N10O2. The number of likely N-dealkylation sites (N-methyl/N-ethyl adjacent to an activating group) is 1. The van der Waals surface area contributed by atoms with Crippen molar-refractivity contribution in [3.63, 3.8) is 0 Å². The Morgan fingerprint density at radius 1 is 1.04 bits per heavy atom. The van der Waals surface area contributed by atoms with E-state index in [-0.39, 0.29) is 36.5 Å². The van der Waals surface area contributed by atoms with Gasteiger partial charge in [-0.05, 0) is 56.5 Å². The topological polar surface area (TPSA) is 99.7 Å². The first-order chi connectivity index (χ1) is 24.1. The van der Waals surface area contributed by atoms with Gasteiger partial charge in [0.05, 0.1) is 42.1 Å². The monoisotopic (exact) mass is 692 g/mol. The Hall–Kier alpha value is -3.97. The van der Waals surface area contributed by atoms with Crippen molar-refractivity contribution in [3.8, 4) is 22.9 Å². The lowest BCUT2D eigenvalue weighted by Crippen LogP contribution is -2.71. The van der Waals surface area contributed by atoms with Crippen LogP contribution in [0.2, 0.25) is 0 Å². The van der Waals surface area contributed by atoms with Gasteiger partial charge in [0.2, 0.25) is 5.91 Å². The number of anilines is 1. The smallest absolute Gasteiger partial charge is 0.459 e. The molecule has 3 unspecified atom stereocenters. The van der Waals surface area contributed by atoms with E-state index < -0.39 is 6.30 Å². The molecule has 3 atom stereocenters. The second-order valence-corrected chi connectivity index (χ2v) is 14.8. The third-order valence-corrected chi connectivity index (χ3v) is 11.5. The minimum atomic E-state index is -4.27. The molecule has 9 heterocycles. The summed E-state index contributed by atoms with van der Waals surface area (Å²) < 4.78 is 47.6. The first-order valence-electron chi connectivity index (χ1n) is 17.6. The van der Waals surface area contributed by atoms with Crippen molar-refractivity contribution in [1.82, 2.24) is 39.1 Å². The van der Waals surface area contributed by atoms with E-state index in [2.05, 4.69) is 42.7 Å². The average Bonchev–Trinajstić information content (AvgIpc) is 3.84. The van der Waals surface area contributed by atoms with Crippen molar-refractivity contribution < 1.29 is 22.7 Å². The minimum absolute atomic E-state index is 0.0649. The van der Waals surface area contributed by atoms with Crippen LogP contribution in [0.3, 0.4) is 0 Å². The molecule has 6 aliphatic rings. The number of hydrogen-bond acceptors (Lipinski definition) is 10. The molecule has 50 heavy (non-hydrogen) atoms. The maximum absolute atomic E-state index is 13.2. The summed E-state index contributed by atoms with van der Waals surface area (Å²) in [5.74, 6) is 1.67. The molecule has 3 aromatic rings. The first kappa shape index (κ1) is 33.2. The van der Waals surface area contributed by atoms with Crippen LogP contribution >= 0.6 is 0 Å². The number of pyridine rings is 2. The van der Waals surface area contributed by atoms with Crippen LogP contribution in [-0.4, -0.2) is 156 Å². The number of aromatic nitrogens is 3. The summed E-state index contributed by atoms with van der Waals surface area (Å²) in [6, 6.07) is 8.54. The highest BCUT2D eigenvalue weighted by molar-refractivity contribution is 5.85. The zero-order valence-corrected chi connectivity index (χ0v) is 28.4. The molecule has 15 heteroatoms. The van der Waals surface area contributed by atoms with E-state index in [0.29, 0.717) is 54.4 Å². The predicted molar refractivity (Wildman–Crippen MR) is 180 cm³/mol. The summed E-state index contributed by atoms with van der Waals surface area (Å²) in [7, 11) is 2.12. The number of rotatable bonds is 8. The van der Waals surface area contributed by atoms with Gasteiger partial charge in [0.15, 0.2) is 0 Å². The fourth-order valence-electron chi connectivity index (χ4n) is 8.69. The summed E-state index contributed by atoms with van der Waals surface area (Å²) in [5, 5.41) is 14.2. The van der Waals surface area contributed by atoms with Gasteiger partial charge >= 0.3 is 6.30 Å². The Labute approximate surface area is 289 Å². The molecule has 266 valence electrons. The highest BCUT2D eigenvalue weighted by Gasteiger charge is 2.51. The summed E-state index contributed by atoms with van der Waals surface area (Å²) >= 11 is 0. The number of piperazine rings is 2. The molecule has 0 radical (unpaired) electrons. The Bertz CT molecular complexity index is 1760. The molecular weight excluding hydrogens is 649 g/mol. The lowest BCUT2D eigenvalue weighted by Gasteiger charge is -2.57. The molecule has 6 saturated heterocycles. The number of carbonyl (C=O) groups is 1. The molecule has 6 fully saturated rings. The number of halogens is 3. The van der Waals surface area contributed by atoms with Gasteiger partial charge < -0.3 is 19.4 Å². The quantitative estimate of drug-likeness (QED) is 0.328. The van der Waals surface area contributed by atoms with E-state index in [1.54, 1.807) is 10.7 Å². The highest BCUT2D eigenvalue weighted by Crippen LogP contribution is 2.43. The number of nitriles is 1. The standard InChI is InChI=1S/C35H43F3N10O2/c1-42-8-10-43(11-9-42)22-32(49)48-27-14-28(48)20-45(19-27)31-3-2-25(17-40-31)30-15-29(21-47-33(30)26(16-39)18-41-47)50-13-12-44-6-4-34(23-44)5-7-46(24-34)35(36,37)38/h2-3,15,17-18,21,27-28H,4-14,19-20,22-24H2,1H3. The minimum Gasteiger partial charge on any atom is -0.491 e. The van der Waals surface area contributed by atoms with E-state index in [9.17, 15) is 23.2 Å². The summed E-state index contributed by atoms with van der Waals surface area (Å²) in [5.41, 5.74) is 2.40. The second kappa shape index (κ2) is 13.0. The third kappa shape index (κ3) is 6.38. The molecule has 0 saturated carbocycles. The number of ether oxygens (including phenoxy) is 1. The normalized spacial score (nSPS) is 26.5. The number of amides is 1. The van der Waals surface area contributed by atoms with Crippen LogP contribution in [0.15, 0.2) is 36.8 Å². The molecule has 0 N–H and O–H groups in total. The number of fused-ring (bicyclic) bond motifs is 3. The van der Waals surface area contributed by atoms with Gasteiger partial charge in [0, 0.05) is 82.8 Å². The molecule has 12 nitrogen and oxygen atoms in total. The van der Waals surface area contributed by atoms with Gasteiger partial charge in [-0.3, -0.25) is 14.6 Å². The van der Waals surface area contributed by atoms with Crippen molar-refractivity contribution in [1.29, 1.82) is 5.26 Å². The van der Waals surface area contributed by atoms with Gasteiger partial charge in [0.1, 0.15) is 24.2 Å². The first-order valence-corrected chi connectivity index (χ1v) is 17.6. The lowest BCUT2D eigenvalue weighted by molar-refractivity contribution is -0.240. The molecule has 1 amide bonds. The number of hydrogen-bond donors (Lipinski definition) is 0. The van der Waals surface area contributed by atoms with Gasteiger partial charge in [-0.15, -0.1) is 0 Å². The highest BCUT2D eigenvalue weighted by atomic mass is 19.4. The third-order valence-electron chi connectivity index (χ3n) is 11.5. The number of likely N-dealkylation sites (tertiary alicyclic amines) is 2. The fourth-order valence-corrected chi connectivity index (χ4v) is 8.69. The fraction of sp³-hybridized carbons (Fsp3) is 0.600. The molecule has 1 spiro atoms. The van der Waals surface area contributed by atoms with E-state index >= 15 is 0 Å². The van der Waals surface area contributed by atoms with E-state index in [1.165, 1.54) is 6.20 Å². The van der Waals surface area contributed by atoms with Gasteiger partial charge in [-0.1, -0.05) is 0 Å². The van der Waals surface area contributed by atoms with Crippen molar-refractivity contribution in [3.05, 3.63) is 42.4 Å². The van der Waals surface area contributed by atoms with Crippen LogP contribution < -0.4 is 9.64 Å². The molecule has 9 rings (SSSR count). The molecule has 6 aliphatic heterocycles. The van der Waals surface area contributed by atoms with E-state index in [1.807, 2.05) is 24.4 Å². The maximum Gasteiger partial charge on any atom is 0.459 e. The van der Waals surface area contributed by atoms with Crippen molar-refractivity contribution in [2.24, 2.45) is 5.41 Å². The van der Waals surface area contributed by atoms with Crippen LogP contribution in [0.1, 0.15) is 24.8 Å². The SMILES string of the molecule is CN1CCN(CC(=O)N2C3CC2CN(c2ccc(-c4cc(OCCN5CCC6(CCN(C(F)(F)F)C6)C5)cn5ncc(C#N)c45)cn2)C3)CC1. The van der Waals surface area contributed by atoms with Crippen LogP contribution in [0.4, 0.5) is 19.0 Å². The zero-order valence-electron chi connectivity index (χ0n) is 28.4. The number of piperidine rings is 1. The van der Waals surface area contributed by atoms with Crippen LogP contribution in [0, 0.1) is 16.7 Å². The van der Waals surface area contributed by atoms with Crippen molar-refractivity contribution >= 4 is 17.2 Å². The van der Waals surface area contributed by atoms with Crippen LogP contribution in [-0.2, 0) is 4.79 Å². The van der Waals surface area contributed by atoms with Crippen LogP contribution in [0.25, 0.3) is 16.6 Å². The van der Waals surface area contributed by atoms with Gasteiger partial charge in [-0.25, -0.2) is 14.4 Å². The second-order valence-electron chi connectivity index (χ2n) is 14.8. The Kier molecular flexibility index (Phi) is 8.61. The van der Waals surface area contributed by atoms with E-state index in [0.717, 1.165) is 75.6 Å².